The van der Waals surface area contributed by atoms with Crippen LogP contribution in [-0.2, 0) is 4.79 Å². The average molecular weight is 422 g/mol. The number of hydrogen-bond acceptors (Lipinski definition) is 7. The fourth-order valence-corrected chi connectivity index (χ4v) is 2.45. The highest BCUT2D eigenvalue weighted by Gasteiger charge is 2.26. The van der Waals surface area contributed by atoms with Crippen LogP contribution in [0.4, 0.5) is 10.1 Å². The molecule has 150 valence electrons. The predicted octanol–water partition coefficient (Wildman–Crippen LogP) is 3.65. The van der Waals surface area contributed by atoms with Crippen molar-refractivity contribution in [3.8, 4) is 17.6 Å². The second-order valence-electron chi connectivity index (χ2n) is 5.75. The molecule has 11 heteroatoms. The Bertz CT molecular complexity index is 1080. The summed E-state index contributed by atoms with van der Waals surface area (Å²) >= 11 is 5.70. The smallest absolute Gasteiger partial charge is 0.313 e. The lowest BCUT2D eigenvalue weighted by atomic mass is 10.1. The number of aliphatic hydroxyl groups excluding tert-OH is 1. The molecule has 0 bridgehead atoms. The highest BCUT2D eigenvalue weighted by atomic mass is 35.5. The maximum absolute atomic E-state index is 13.8. The van der Waals surface area contributed by atoms with Crippen molar-refractivity contribution in [3.63, 3.8) is 0 Å². The van der Waals surface area contributed by atoms with Crippen LogP contribution in [0.5, 0.6) is 11.5 Å². The highest BCUT2D eigenvalue weighted by Crippen LogP contribution is 2.37. The average Bonchev–Trinajstić information content (AvgIpc) is 2.66. The number of carbonyl (C=O) groups is 1. The number of hydroxylamine groups is 2. The number of nitro groups is 1. The molecule has 0 fully saturated rings. The van der Waals surface area contributed by atoms with Crippen molar-refractivity contribution >= 4 is 29.0 Å². The van der Waals surface area contributed by atoms with Crippen molar-refractivity contribution in [1.82, 2.24) is 5.06 Å². The topological polar surface area (TPSA) is 137 Å². The van der Waals surface area contributed by atoms with E-state index in [2.05, 4.69) is 0 Å². The molecule has 2 aromatic carbocycles. The number of nitriles is 1. The number of halogens is 2. The van der Waals surface area contributed by atoms with Gasteiger partial charge >= 0.3 is 11.6 Å². The summed E-state index contributed by atoms with van der Waals surface area (Å²) < 4.78 is 13.8. The van der Waals surface area contributed by atoms with Crippen LogP contribution in [0, 0.1) is 34.2 Å². The zero-order chi connectivity index (χ0) is 21.9. The number of nitro benzene ring substituents is 1. The summed E-state index contributed by atoms with van der Waals surface area (Å²) in [4.78, 5) is 27.6. The molecule has 2 rings (SSSR count). The Kier molecular flexibility index (Phi) is 6.25. The number of carbonyl (C=O) groups excluding carboxylic acids is 1. The van der Waals surface area contributed by atoms with Crippen molar-refractivity contribution in [2.75, 3.05) is 7.05 Å². The summed E-state index contributed by atoms with van der Waals surface area (Å²) in [7, 11) is 1.08. The van der Waals surface area contributed by atoms with Crippen LogP contribution in [0.3, 0.4) is 0 Å². The molecule has 0 saturated heterocycles. The van der Waals surface area contributed by atoms with Gasteiger partial charge < -0.3 is 15.1 Å². The lowest BCUT2D eigenvalue weighted by Gasteiger charge is -2.18. The van der Waals surface area contributed by atoms with E-state index in [0.29, 0.717) is 10.6 Å². The predicted molar refractivity (Wildman–Crippen MR) is 99.5 cm³/mol. The number of rotatable bonds is 5. The molecule has 0 aliphatic heterocycles. The van der Waals surface area contributed by atoms with Gasteiger partial charge in [0.25, 0.3) is 0 Å². The van der Waals surface area contributed by atoms with Gasteiger partial charge in [0.15, 0.2) is 17.1 Å². The largest absolute Gasteiger partial charge is 0.506 e. The van der Waals surface area contributed by atoms with Crippen molar-refractivity contribution in [2.24, 2.45) is 0 Å². The highest BCUT2D eigenvalue weighted by molar-refractivity contribution is 6.32. The molecular formula is C18H13ClFN3O6. The van der Waals surface area contributed by atoms with E-state index in [1.807, 2.05) is 0 Å². The normalized spacial score (nSPS) is 11.3. The number of benzene rings is 2. The number of aryl methyl sites for hydroxylation is 1. The number of nitrogens with zero attached hydrogens (tertiary/aromatic N) is 3. The van der Waals surface area contributed by atoms with Crippen molar-refractivity contribution < 1.29 is 29.2 Å². The molecule has 0 radical (unpaired) electrons. The molecule has 1 amide bonds. The van der Waals surface area contributed by atoms with Gasteiger partial charge in [-0.1, -0.05) is 17.7 Å². The first-order chi connectivity index (χ1) is 13.6. The zero-order valence-corrected chi connectivity index (χ0v) is 15.8. The van der Waals surface area contributed by atoms with E-state index < -0.39 is 44.4 Å². The third kappa shape index (κ3) is 4.53. The maximum Gasteiger partial charge on any atom is 0.313 e. The van der Waals surface area contributed by atoms with Gasteiger partial charge in [-0.05, 0) is 30.7 Å². The Hall–Kier alpha value is -3.84. The van der Waals surface area contributed by atoms with Crippen LogP contribution >= 0.6 is 11.6 Å². The number of aliphatic hydroxyl groups is 1. The maximum atomic E-state index is 13.8. The Morgan fingerprint density at radius 1 is 1.38 bits per heavy atom. The first-order valence-electron chi connectivity index (χ1n) is 7.79. The summed E-state index contributed by atoms with van der Waals surface area (Å²) in [6, 6.07) is 7.06. The molecule has 9 nitrogen and oxygen atoms in total. The Morgan fingerprint density at radius 2 is 2.03 bits per heavy atom. The van der Waals surface area contributed by atoms with Gasteiger partial charge in [0.2, 0.25) is 5.75 Å². The molecule has 0 aliphatic rings. The Balaban J connectivity index is 2.44. The summed E-state index contributed by atoms with van der Waals surface area (Å²) in [5.74, 6) is -3.99. The Morgan fingerprint density at radius 3 is 2.62 bits per heavy atom. The fourth-order valence-electron chi connectivity index (χ4n) is 2.23. The minimum absolute atomic E-state index is 0.291. The Labute approximate surface area is 168 Å². The molecule has 0 heterocycles. The van der Waals surface area contributed by atoms with Gasteiger partial charge in [0, 0.05) is 18.7 Å². The van der Waals surface area contributed by atoms with E-state index >= 15 is 0 Å². The van der Waals surface area contributed by atoms with Gasteiger partial charge in [-0.3, -0.25) is 14.9 Å². The van der Waals surface area contributed by atoms with Gasteiger partial charge in [-0.2, -0.15) is 10.3 Å². The second kappa shape index (κ2) is 8.45. The summed E-state index contributed by atoms with van der Waals surface area (Å²) in [5, 5.41) is 40.2. The second-order valence-corrected chi connectivity index (χ2v) is 6.15. The van der Waals surface area contributed by atoms with Crippen LogP contribution in [0.25, 0.3) is 5.76 Å². The van der Waals surface area contributed by atoms with Gasteiger partial charge in [-0.15, -0.1) is 0 Å². The number of phenolic OH excluding ortho intramolecular Hbond substituents is 1. The number of amides is 1. The van der Waals surface area contributed by atoms with Crippen molar-refractivity contribution in [1.29, 1.82) is 5.26 Å². The van der Waals surface area contributed by atoms with E-state index in [1.165, 1.54) is 18.2 Å². The summed E-state index contributed by atoms with van der Waals surface area (Å²) in [5.41, 5.74) is -1.40. The van der Waals surface area contributed by atoms with Crippen LogP contribution in [-0.4, -0.2) is 33.2 Å². The number of aromatic hydroxyl groups is 1. The van der Waals surface area contributed by atoms with Crippen LogP contribution in [0.2, 0.25) is 5.02 Å². The van der Waals surface area contributed by atoms with E-state index in [4.69, 9.17) is 16.4 Å². The van der Waals surface area contributed by atoms with Crippen molar-refractivity contribution in [2.45, 2.75) is 6.92 Å². The number of hydrogen-bond donors (Lipinski definition) is 2. The molecule has 0 unspecified atom stereocenters. The summed E-state index contributed by atoms with van der Waals surface area (Å²) in [6.45, 7) is 1.67. The minimum Gasteiger partial charge on any atom is -0.506 e. The molecule has 0 saturated carbocycles. The first kappa shape index (κ1) is 21.5. The van der Waals surface area contributed by atoms with Gasteiger partial charge in [-0.25, -0.2) is 4.39 Å². The minimum atomic E-state index is -1.15. The van der Waals surface area contributed by atoms with Crippen molar-refractivity contribution in [3.05, 3.63) is 68.0 Å². The lowest BCUT2D eigenvalue weighted by Crippen LogP contribution is -2.32. The SMILES string of the molecule is Cc1ccc(F)c(ON(C)C(=O)/C(C#N)=C(\O)c2cc(Cl)c(O)c([N+](=O)[O-])c2)c1. The summed E-state index contributed by atoms with van der Waals surface area (Å²) in [6.07, 6.45) is 0. The number of likely N-dealkylation sites (N-methyl/N-ethyl adjacent to an activating group) is 1. The monoisotopic (exact) mass is 421 g/mol. The molecule has 2 N–H and O–H groups in total. The molecule has 0 aromatic heterocycles. The zero-order valence-electron chi connectivity index (χ0n) is 15.0. The molecule has 2 aromatic rings. The van der Waals surface area contributed by atoms with E-state index in [9.17, 15) is 34.8 Å². The van der Waals surface area contributed by atoms with Crippen LogP contribution in [0.15, 0.2) is 35.9 Å². The van der Waals surface area contributed by atoms with E-state index in [-0.39, 0.29) is 11.3 Å². The fraction of sp³-hybridized carbons (Fsp3) is 0.111. The lowest BCUT2D eigenvalue weighted by molar-refractivity contribution is -0.385. The molecule has 0 aliphatic carbocycles. The first-order valence-corrected chi connectivity index (χ1v) is 8.17. The molecule has 29 heavy (non-hydrogen) atoms. The third-order valence-electron chi connectivity index (χ3n) is 3.68. The van der Waals surface area contributed by atoms with E-state index in [0.717, 1.165) is 25.2 Å². The standard InChI is InChI=1S/C18H13ClFN3O6/c1-9-3-4-13(20)15(5-9)29-22(2)18(26)11(8-21)16(24)10-6-12(19)17(25)14(7-10)23(27)28/h3-7,24-25H,1-2H3/b16-11-. The van der Waals surface area contributed by atoms with Crippen LogP contribution in [0.1, 0.15) is 11.1 Å². The molecule has 0 atom stereocenters. The van der Waals surface area contributed by atoms with E-state index in [1.54, 1.807) is 6.92 Å². The quantitative estimate of drug-likeness (QED) is 0.247. The molecular weight excluding hydrogens is 409 g/mol. The molecule has 0 spiro atoms. The van der Waals surface area contributed by atoms with Crippen LogP contribution < -0.4 is 4.84 Å². The third-order valence-corrected chi connectivity index (χ3v) is 3.97. The number of phenols is 1. The van der Waals surface area contributed by atoms with Gasteiger partial charge in [0.05, 0.1) is 9.95 Å². The van der Waals surface area contributed by atoms with Gasteiger partial charge in [0.1, 0.15) is 11.8 Å².